The number of rotatable bonds is 3. The van der Waals surface area contributed by atoms with Gasteiger partial charge in [-0.3, -0.25) is 14.9 Å². The summed E-state index contributed by atoms with van der Waals surface area (Å²) in [5.41, 5.74) is 5.79. The summed E-state index contributed by atoms with van der Waals surface area (Å²) in [7, 11) is 0. The quantitative estimate of drug-likeness (QED) is 0.811. The SMILES string of the molecule is NCCC1C(=O)NC(=O)N(c2cccc(Br)c2)C1=O. The summed E-state index contributed by atoms with van der Waals surface area (Å²) in [5, 5.41) is 2.17. The van der Waals surface area contributed by atoms with Crippen LogP contribution in [-0.2, 0) is 9.59 Å². The monoisotopic (exact) mass is 325 g/mol. The van der Waals surface area contributed by atoms with Crippen molar-refractivity contribution in [1.82, 2.24) is 5.32 Å². The van der Waals surface area contributed by atoms with E-state index in [-0.39, 0.29) is 13.0 Å². The molecule has 19 heavy (non-hydrogen) atoms. The number of amides is 4. The molecule has 100 valence electrons. The average Bonchev–Trinajstić information content (AvgIpc) is 2.34. The number of carbonyl (C=O) groups excluding carboxylic acids is 3. The maximum absolute atomic E-state index is 12.2. The second-order valence-electron chi connectivity index (χ2n) is 4.08. The third kappa shape index (κ3) is 2.66. The van der Waals surface area contributed by atoms with Crippen molar-refractivity contribution in [2.75, 3.05) is 11.4 Å². The van der Waals surface area contributed by atoms with E-state index < -0.39 is 23.8 Å². The first kappa shape index (κ1) is 13.7. The van der Waals surface area contributed by atoms with E-state index >= 15 is 0 Å². The van der Waals surface area contributed by atoms with E-state index in [1.807, 2.05) is 0 Å². The highest BCUT2D eigenvalue weighted by Crippen LogP contribution is 2.24. The second-order valence-corrected chi connectivity index (χ2v) is 4.99. The molecule has 1 aliphatic rings. The fourth-order valence-corrected chi connectivity index (χ4v) is 2.28. The number of hydrogen-bond acceptors (Lipinski definition) is 4. The van der Waals surface area contributed by atoms with Crippen molar-refractivity contribution < 1.29 is 14.4 Å². The average molecular weight is 326 g/mol. The number of barbiturate groups is 1. The maximum atomic E-state index is 12.2. The summed E-state index contributed by atoms with van der Waals surface area (Å²) in [6, 6.07) is 6.00. The molecule has 3 N–H and O–H groups in total. The van der Waals surface area contributed by atoms with Gasteiger partial charge in [0.1, 0.15) is 5.92 Å². The van der Waals surface area contributed by atoms with E-state index in [4.69, 9.17) is 5.73 Å². The normalized spacial score (nSPS) is 19.6. The van der Waals surface area contributed by atoms with Gasteiger partial charge in [-0.25, -0.2) is 9.69 Å². The van der Waals surface area contributed by atoms with Crippen LogP contribution in [0, 0.1) is 5.92 Å². The molecule has 1 fully saturated rings. The lowest BCUT2D eigenvalue weighted by Gasteiger charge is -2.30. The van der Waals surface area contributed by atoms with E-state index in [2.05, 4.69) is 21.2 Å². The molecule has 4 amide bonds. The minimum Gasteiger partial charge on any atom is -0.330 e. The van der Waals surface area contributed by atoms with Crippen LogP contribution in [0.2, 0.25) is 0 Å². The van der Waals surface area contributed by atoms with Crippen LogP contribution < -0.4 is 16.0 Å². The highest BCUT2D eigenvalue weighted by Gasteiger charge is 2.40. The summed E-state index contributed by atoms with van der Waals surface area (Å²) in [4.78, 5) is 36.6. The molecule has 0 radical (unpaired) electrons. The molecule has 0 aromatic heterocycles. The number of nitrogens with two attached hydrogens (primary N) is 1. The standard InChI is InChI=1S/C12H12BrN3O3/c13-7-2-1-3-8(6-7)16-11(18)9(4-5-14)10(17)15-12(16)19/h1-3,6,9H,4-5,14H2,(H,15,17,19). The first-order valence-electron chi connectivity index (χ1n) is 5.69. The summed E-state index contributed by atoms with van der Waals surface area (Å²) >= 11 is 3.27. The lowest BCUT2D eigenvalue weighted by atomic mass is 10.0. The van der Waals surface area contributed by atoms with Gasteiger partial charge in [-0.2, -0.15) is 0 Å². The van der Waals surface area contributed by atoms with Crippen LogP contribution in [0.3, 0.4) is 0 Å². The highest BCUT2D eigenvalue weighted by molar-refractivity contribution is 9.10. The van der Waals surface area contributed by atoms with E-state index in [9.17, 15) is 14.4 Å². The van der Waals surface area contributed by atoms with Gasteiger partial charge in [0.05, 0.1) is 5.69 Å². The molecule has 0 bridgehead atoms. The number of benzene rings is 1. The minimum absolute atomic E-state index is 0.199. The van der Waals surface area contributed by atoms with E-state index in [0.717, 1.165) is 9.37 Å². The lowest BCUT2D eigenvalue weighted by Crippen LogP contribution is -2.58. The zero-order valence-electron chi connectivity index (χ0n) is 9.93. The van der Waals surface area contributed by atoms with Gasteiger partial charge >= 0.3 is 6.03 Å². The molecule has 0 aliphatic carbocycles. The molecule has 2 rings (SSSR count). The van der Waals surface area contributed by atoms with E-state index in [1.165, 1.54) is 0 Å². The number of urea groups is 1. The first-order valence-corrected chi connectivity index (χ1v) is 6.48. The van der Waals surface area contributed by atoms with Gasteiger partial charge in [-0.05, 0) is 31.2 Å². The Hall–Kier alpha value is -1.73. The number of hydrogen-bond donors (Lipinski definition) is 2. The van der Waals surface area contributed by atoms with Gasteiger partial charge in [-0.15, -0.1) is 0 Å². The predicted octanol–water partition coefficient (Wildman–Crippen LogP) is 0.997. The van der Waals surface area contributed by atoms with Crippen LogP contribution in [0.5, 0.6) is 0 Å². The van der Waals surface area contributed by atoms with Crippen LogP contribution in [-0.4, -0.2) is 24.4 Å². The van der Waals surface area contributed by atoms with Crippen LogP contribution in [0.4, 0.5) is 10.5 Å². The fourth-order valence-electron chi connectivity index (χ4n) is 1.90. The van der Waals surface area contributed by atoms with Crippen molar-refractivity contribution in [3.05, 3.63) is 28.7 Å². The van der Waals surface area contributed by atoms with Gasteiger partial charge < -0.3 is 5.73 Å². The molecule has 0 spiro atoms. The van der Waals surface area contributed by atoms with Crippen molar-refractivity contribution in [2.45, 2.75) is 6.42 Å². The third-order valence-corrected chi connectivity index (χ3v) is 3.28. The molecule has 1 heterocycles. The van der Waals surface area contributed by atoms with Crippen molar-refractivity contribution >= 4 is 39.5 Å². The Labute approximate surface area is 118 Å². The first-order chi connectivity index (χ1) is 9.04. The summed E-state index contributed by atoms with van der Waals surface area (Å²) < 4.78 is 0.734. The fraction of sp³-hybridized carbons (Fsp3) is 0.250. The topological polar surface area (TPSA) is 92.5 Å². The Bertz CT molecular complexity index is 547. The third-order valence-electron chi connectivity index (χ3n) is 2.79. The van der Waals surface area contributed by atoms with Crippen molar-refractivity contribution in [3.63, 3.8) is 0 Å². The largest absolute Gasteiger partial charge is 0.335 e. The molecule has 0 saturated carbocycles. The molecule has 1 aromatic rings. The zero-order chi connectivity index (χ0) is 14.0. The molecule has 1 atom stereocenters. The van der Waals surface area contributed by atoms with Gasteiger partial charge in [0.15, 0.2) is 0 Å². The summed E-state index contributed by atoms with van der Waals surface area (Å²) in [6.07, 6.45) is 0.211. The number of imide groups is 2. The number of carbonyl (C=O) groups is 3. The molecular formula is C12H12BrN3O3. The number of halogens is 1. The molecule has 1 saturated heterocycles. The molecular weight excluding hydrogens is 314 g/mol. The maximum Gasteiger partial charge on any atom is 0.335 e. The molecule has 1 aliphatic heterocycles. The summed E-state index contributed by atoms with van der Waals surface area (Å²) in [6.45, 7) is 0.199. The zero-order valence-corrected chi connectivity index (χ0v) is 11.5. The number of anilines is 1. The van der Waals surface area contributed by atoms with Crippen molar-refractivity contribution in [3.8, 4) is 0 Å². The van der Waals surface area contributed by atoms with Crippen LogP contribution in [0.1, 0.15) is 6.42 Å². The molecule has 6 nitrogen and oxygen atoms in total. The molecule has 1 unspecified atom stereocenters. The molecule has 7 heteroatoms. The highest BCUT2D eigenvalue weighted by atomic mass is 79.9. The summed E-state index contributed by atoms with van der Waals surface area (Å²) in [5.74, 6) is -2.05. The van der Waals surface area contributed by atoms with E-state index in [0.29, 0.717) is 5.69 Å². The van der Waals surface area contributed by atoms with Gasteiger partial charge in [-0.1, -0.05) is 22.0 Å². The van der Waals surface area contributed by atoms with E-state index in [1.54, 1.807) is 24.3 Å². The van der Waals surface area contributed by atoms with Crippen LogP contribution >= 0.6 is 15.9 Å². The Morgan fingerprint density at radius 1 is 1.32 bits per heavy atom. The van der Waals surface area contributed by atoms with Crippen LogP contribution in [0.15, 0.2) is 28.7 Å². The van der Waals surface area contributed by atoms with Crippen molar-refractivity contribution in [1.29, 1.82) is 0 Å². The lowest BCUT2D eigenvalue weighted by molar-refractivity contribution is -0.134. The van der Waals surface area contributed by atoms with Gasteiger partial charge in [0.2, 0.25) is 11.8 Å². The Morgan fingerprint density at radius 3 is 2.68 bits per heavy atom. The Balaban J connectivity index is 2.36. The smallest absolute Gasteiger partial charge is 0.330 e. The van der Waals surface area contributed by atoms with Crippen molar-refractivity contribution in [2.24, 2.45) is 11.7 Å². The predicted molar refractivity (Wildman–Crippen MR) is 72.3 cm³/mol. The Morgan fingerprint density at radius 2 is 2.05 bits per heavy atom. The van der Waals surface area contributed by atoms with Gasteiger partial charge in [0, 0.05) is 4.47 Å². The minimum atomic E-state index is -0.915. The Kier molecular flexibility index (Phi) is 3.96. The number of nitrogens with zero attached hydrogens (tertiary/aromatic N) is 1. The second kappa shape index (κ2) is 5.50. The van der Waals surface area contributed by atoms with Crippen LogP contribution in [0.25, 0.3) is 0 Å². The number of nitrogens with one attached hydrogen (secondary N) is 1. The molecule has 1 aromatic carbocycles. The van der Waals surface area contributed by atoms with Gasteiger partial charge in [0.25, 0.3) is 0 Å².